The number of hydrogen-bond donors (Lipinski definition) is 1. The molecule has 2 rings (SSSR count). The minimum Gasteiger partial charge on any atom is -0.347 e. The van der Waals surface area contributed by atoms with E-state index in [-0.39, 0.29) is 0 Å². The zero-order chi connectivity index (χ0) is 14.2. The average molecular weight is 272 g/mol. The number of para-hydroxylation sites is 1. The van der Waals surface area contributed by atoms with Gasteiger partial charge in [-0.3, -0.25) is 0 Å². The van der Waals surface area contributed by atoms with Crippen LogP contribution in [0.5, 0.6) is 0 Å². The van der Waals surface area contributed by atoms with Crippen molar-refractivity contribution in [1.29, 1.82) is 0 Å². The number of aromatic nitrogens is 1. The van der Waals surface area contributed by atoms with Gasteiger partial charge in [-0.2, -0.15) is 0 Å². The molecule has 0 amide bonds. The maximum Gasteiger partial charge on any atom is 0.0483 e. The third kappa shape index (κ3) is 3.86. The van der Waals surface area contributed by atoms with Gasteiger partial charge in [-0.15, -0.1) is 0 Å². The van der Waals surface area contributed by atoms with Gasteiger partial charge in [0, 0.05) is 30.2 Å². The second kappa shape index (κ2) is 8.11. The van der Waals surface area contributed by atoms with Gasteiger partial charge in [0.05, 0.1) is 0 Å². The summed E-state index contributed by atoms with van der Waals surface area (Å²) in [5.74, 6) is 0. The summed E-state index contributed by atoms with van der Waals surface area (Å²) in [7, 11) is 0. The van der Waals surface area contributed by atoms with Crippen molar-refractivity contribution in [2.24, 2.45) is 0 Å². The Morgan fingerprint density at radius 1 is 1.00 bits per heavy atom. The fourth-order valence-corrected chi connectivity index (χ4v) is 2.80. The molecule has 110 valence electrons. The van der Waals surface area contributed by atoms with Crippen LogP contribution in [0.25, 0.3) is 10.9 Å². The molecule has 0 radical (unpaired) electrons. The molecule has 0 spiro atoms. The maximum atomic E-state index is 3.59. The minimum atomic E-state index is 0.987. The molecule has 2 heteroatoms. The van der Waals surface area contributed by atoms with E-state index in [1.165, 1.54) is 48.6 Å². The SMILES string of the molecule is CCCCCCCNCc1cn(CC)c2ccccc12. The fourth-order valence-electron chi connectivity index (χ4n) is 2.80. The van der Waals surface area contributed by atoms with Gasteiger partial charge in [0.1, 0.15) is 0 Å². The predicted molar refractivity (Wildman–Crippen MR) is 88.1 cm³/mol. The van der Waals surface area contributed by atoms with Gasteiger partial charge in [0.2, 0.25) is 0 Å². The van der Waals surface area contributed by atoms with Crippen LogP contribution in [0.15, 0.2) is 30.5 Å². The lowest BCUT2D eigenvalue weighted by Gasteiger charge is -2.04. The third-order valence-electron chi connectivity index (χ3n) is 3.98. The third-order valence-corrected chi connectivity index (χ3v) is 3.98. The molecule has 2 nitrogen and oxygen atoms in total. The van der Waals surface area contributed by atoms with Gasteiger partial charge < -0.3 is 9.88 Å². The van der Waals surface area contributed by atoms with Gasteiger partial charge in [0.25, 0.3) is 0 Å². The van der Waals surface area contributed by atoms with E-state index in [1.54, 1.807) is 0 Å². The Kier molecular flexibility index (Phi) is 6.13. The molecule has 0 saturated heterocycles. The summed E-state index contributed by atoms with van der Waals surface area (Å²) in [5, 5.41) is 4.99. The van der Waals surface area contributed by atoms with Crippen molar-refractivity contribution in [2.45, 2.75) is 59.0 Å². The topological polar surface area (TPSA) is 17.0 Å². The number of nitrogens with one attached hydrogen (secondary N) is 1. The number of rotatable bonds is 9. The van der Waals surface area contributed by atoms with E-state index in [0.29, 0.717) is 0 Å². The summed E-state index contributed by atoms with van der Waals surface area (Å²) in [6, 6.07) is 8.71. The molecule has 1 aromatic carbocycles. The van der Waals surface area contributed by atoms with Crippen molar-refractivity contribution < 1.29 is 0 Å². The van der Waals surface area contributed by atoms with Crippen molar-refractivity contribution in [3.63, 3.8) is 0 Å². The monoisotopic (exact) mass is 272 g/mol. The zero-order valence-corrected chi connectivity index (χ0v) is 13.0. The number of benzene rings is 1. The van der Waals surface area contributed by atoms with Crippen LogP contribution in [0.2, 0.25) is 0 Å². The number of hydrogen-bond acceptors (Lipinski definition) is 1. The minimum absolute atomic E-state index is 0.987. The highest BCUT2D eigenvalue weighted by Gasteiger charge is 2.06. The van der Waals surface area contributed by atoms with Crippen molar-refractivity contribution in [1.82, 2.24) is 9.88 Å². The molecular weight excluding hydrogens is 244 g/mol. The molecule has 1 heterocycles. The standard InChI is InChI=1S/C18H28N2/c1-3-5-6-7-10-13-19-14-16-15-20(4-2)18-12-9-8-11-17(16)18/h8-9,11-12,15,19H,3-7,10,13-14H2,1-2H3. The van der Waals surface area contributed by atoms with E-state index in [0.717, 1.165) is 19.6 Å². The quantitative estimate of drug-likeness (QED) is 0.653. The summed E-state index contributed by atoms with van der Waals surface area (Å²) in [6.45, 7) is 7.63. The van der Waals surface area contributed by atoms with Crippen molar-refractivity contribution in [2.75, 3.05) is 6.54 Å². The van der Waals surface area contributed by atoms with Crippen molar-refractivity contribution in [3.8, 4) is 0 Å². The smallest absolute Gasteiger partial charge is 0.0483 e. The molecule has 0 aliphatic rings. The number of fused-ring (bicyclic) bond motifs is 1. The lowest BCUT2D eigenvalue weighted by Crippen LogP contribution is -2.14. The Labute approximate surface area is 123 Å². The first-order chi connectivity index (χ1) is 9.86. The molecule has 0 aliphatic carbocycles. The molecule has 0 saturated carbocycles. The van der Waals surface area contributed by atoms with Crippen LogP contribution in [0, 0.1) is 0 Å². The van der Waals surface area contributed by atoms with Gasteiger partial charge in [-0.05, 0) is 31.5 Å². The highest BCUT2D eigenvalue weighted by Crippen LogP contribution is 2.21. The van der Waals surface area contributed by atoms with E-state index in [1.807, 2.05) is 0 Å². The number of unbranched alkanes of at least 4 members (excludes halogenated alkanes) is 4. The molecule has 20 heavy (non-hydrogen) atoms. The first kappa shape index (κ1) is 15.1. The van der Waals surface area contributed by atoms with Crippen LogP contribution in [0.1, 0.15) is 51.5 Å². The average Bonchev–Trinajstić information content (AvgIpc) is 2.85. The van der Waals surface area contributed by atoms with E-state index in [9.17, 15) is 0 Å². The zero-order valence-electron chi connectivity index (χ0n) is 13.0. The lowest BCUT2D eigenvalue weighted by atomic mass is 10.1. The highest BCUT2D eigenvalue weighted by atomic mass is 15.0. The Balaban J connectivity index is 1.84. The van der Waals surface area contributed by atoms with E-state index in [2.05, 4.69) is 54.2 Å². The predicted octanol–water partition coefficient (Wildman–Crippen LogP) is 4.72. The first-order valence-electron chi connectivity index (χ1n) is 8.14. The van der Waals surface area contributed by atoms with Crippen LogP contribution in [0.4, 0.5) is 0 Å². The summed E-state index contributed by atoms with van der Waals surface area (Å²) in [6.07, 6.45) is 9.04. The van der Waals surface area contributed by atoms with Gasteiger partial charge >= 0.3 is 0 Å². The molecule has 0 aliphatic heterocycles. The van der Waals surface area contributed by atoms with Gasteiger partial charge in [-0.25, -0.2) is 0 Å². The van der Waals surface area contributed by atoms with Gasteiger partial charge in [0.15, 0.2) is 0 Å². The van der Waals surface area contributed by atoms with Crippen LogP contribution >= 0.6 is 0 Å². The summed E-state index contributed by atoms with van der Waals surface area (Å²) in [5.41, 5.74) is 2.78. The summed E-state index contributed by atoms with van der Waals surface area (Å²) < 4.78 is 2.34. The summed E-state index contributed by atoms with van der Waals surface area (Å²) >= 11 is 0. The fraction of sp³-hybridized carbons (Fsp3) is 0.556. The van der Waals surface area contributed by atoms with Crippen LogP contribution in [-0.4, -0.2) is 11.1 Å². The van der Waals surface area contributed by atoms with Crippen LogP contribution in [0.3, 0.4) is 0 Å². The highest BCUT2D eigenvalue weighted by molar-refractivity contribution is 5.83. The number of aryl methyl sites for hydroxylation is 1. The molecule has 0 fully saturated rings. The van der Waals surface area contributed by atoms with E-state index < -0.39 is 0 Å². The normalized spacial score (nSPS) is 11.3. The maximum absolute atomic E-state index is 3.59. The van der Waals surface area contributed by atoms with Gasteiger partial charge in [-0.1, -0.05) is 50.8 Å². The molecule has 0 bridgehead atoms. The largest absolute Gasteiger partial charge is 0.347 e. The van der Waals surface area contributed by atoms with Crippen molar-refractivity contribution in [3.05, 3.63) is 36.0 Å². The molecule has 1 aromatic heterocycles. The summed E-state index contributed by atoms with van der Waals surface area (Å²) in [4.78, 5) is 0. The molecule has 0 atom stereocenters. The van der Waals surface area contributed by atoms with E-state index >= 15 is 0 Å². The Morgan fingerprint density at radius 2 is 1.80 bits per heavy atom. The molecule has 0 unspecified atom stereocenters. The first-order valence-corrected chi connectivity index (χ1v) is 8.14. The molecule has 1 N–H and O–H groups in total. The Bertz CT molecular complexity index is 513. The molecular formula is C18H28N2. The Hall–Kier alpha value is -1.28. The molecule has 2 aromatic rings. The Morgan fingerprint density at radius 3 is 2.60 bits per heavy atom. The second-order valence-electron chi connectivity index (χ2n) is 5.55. The van der Waals surface area contributed by atoms with Crippen molar-refractivity contribution >= 4 is 10.9 Å². The van der Waals surface area contributed by atoms with Crippen LogP contribution < -0.4 is 5.32 Å². The van der Waals surface area contributed by atoms with Crippen LogP contribution in [-0.2, 0) is 13.1 Å². The van der Waals surface area contributed by atoms with E-state index in [4.69, 9.17) is 0 Å². The lowest BCUT2D eigenvalue weighted by molar-refractivity contribution is 0.584. The number of nitrogens with zero attached hydrogens (tertiary/aromatic N) is 1. The second-order valence-corrected chi connectivity index (χ2v) is 5.55.